The Morgan fingerprint density at radius 1 is 0.976 bits per heavy atom. The molecule has 5 aromatic rings. The summed E-state index contributed by atoms with van der Waals surface area (Å²) in [4.78, 5) is 34.5. The Hall–Kier alpha value is -4.83. The van der Waals surface area contributed by atoms with Crippen molar-refractivity contribution in [1.29, 1.82) is 0 Å². The van der Waals surface area contributed by atoms with Gasteiger partial charge in [-0.1, -0.05) is 35.9 Å². The average Bonchev–Trinajstić information content (AvgIpc) is 3.66. The van der Waals surface area contributed by atoms with Crippen LogP contribution in [0, 0.1) is 6.92 Å². The second-order valence-electron chi connectivity index (χ2n) is 9.53. The van der Waals surface area contributed by atoms with E-state index in [1.165, 1.54) is 24.3 Å². The molecule has 1 aliphatic rings. The van der Waals surface area contributed by atoms with Crippen LogP contribution >= 0.6 is 11.6 Å². The number of benzene rings is 3. The third-order valence-electron chi connectivity index (χ3n) is 6.93. The Labute approximate surface area is 236 Å². The predicted octanol–water partition coefficient (Wildman–Crippen LogP) is 7.29. The van der Waals surface area contributed by atoms with E-state index in [0.717, 1.165) is 23.4 Å². The van der Waals surface area contributed by atoms with Crippen molar-refractivity contribution in [3.05, 3.63) is 118 Å². The van der Waals surface area contributed by atoms with Gasteiger partial charge in [0, 0.05) is 34.7 Å². The molecule has 2 aromatic heterocycles. The van der Waals surface area contributed by atoms with Crippen LogP contribution in [-0.2, 0) is 12.7 Å². The van der Waals surface area contributed by atoms with Crippen molar-refractivity contribution >= 4 is 51.4 Å². The first-order chi connectivity index (χ1) is 19.6. The summed E-state index contributed by atoms with van der Waals surface area (Å²) in [5, 5.41) is 5.83. The smallest absolute Gasteiger partial charge is 0.344 e. The number of H-pyrrole nitrogens is 1. The molecule has 3 aromatic carbocycles. The normalized spacial score (nSPS) is 12.8. The Balaban J connectivity index is 1.43. The Morgan fingerprint density at radius 3 is 2.56 bits per heavy atom. The van der Waals surface area contributed by atoms with Crippen molar-refractivity contribution < 1.29 is 22.8 Å². The summed E-state index contributed by atoms with van der Waals surface area (Å²) in [6, 6.07) is 16.4. The number of hydrogen-bond donors (Lipinski definition) is 3. The third-order valence-corrected chi connectivity index (χ3v) is 7.34. The maximum atomic E-state index is 13.6. The molecule has 0 aliphatic carbocycles. The number of hydrogen-bond acceptors (Lipinski definition) is 3. The molecule has 0 fully saturated rings. The summed E-state index contributed by atoms with van der Waals surface area (Å²) in [7, 11) is 0. The van der Waals surface area contributed by atoms with Gasteiger partial charge in [0.2, 0.25) is 0 Å². The molecule has 3 N–H and O–H groups in total. The lowest BCUT2D eigenvalue weighted by atomic mass is 10.1. The van der Waals surface area contributed by atoms with Gasteiger partial charge in [-0.3, -0.25) is 9.59 Å². The second-order valence-corrected chi connectivity index (χ2v) is 9.94. The number of nitrogens with zero attached hydrogens (tertiary/aromatic N) is 2. The van der Waals surface area contributed by atoms with Gasteiger partial charge in [-0.05, 0) is 61.0 Å². The third kappa shape index (κ3) is 4.87. The first-order valence-corrected chi connectivity index (χ1v) is 12.9. The summed E-state index contributed by atoms with van der Waals surface area (Å²) in [5.74, 6) is -0.990. The topological polar surface area (TPSA) is 91.8 Å². The summed E-state index contributed by atoms with van der Waals surface area (Å²) in [5.41, 5.74) is 2.30. The van der Waals surface area contributed by atoms with Crippen LogP contribution in [0.1, 0.15) is 43.4 Å². The first kappa shape index (κ1) is 26.4. The van der Waals surface area contributed by atoms with Gasteiger partial charge in [0.15, 0.2) is 0 Å². The summed E-state index contributed by atoms with van der Waals surface area (Å²) < 4.78 is 42.7. The van der Waals surface area contributed by atoms with Crippen LogP contribution < -0.4 is 10.6 Å². The van der Waals surface area contributed by atoms with Crippen LogP contribution in [0.15, 0.2) is 79.0 Å². The molecule has 0 spiro atoms. The van der Waals surface area contributed by atoms with Crippen molar-refractivity contribution in [2.45, 2.75) is 19.6 Å². The Bertz CT molecular complexity index is 1890. The van der Waals surface area contributed by atoms with Crippen molar-refractivity contribution in [1.82, 2.24) is 14.5 Å². The molecule has 1 aliphatic heterocycles. The van der Waals surface area contributed by atoms with Crippen LogP contribution in [-0.4, -0.2) is 26.3 Å². The molecule has 2 amide bonds. The Morgan fingerprint density at radius 2 is 1.76 bits per heavy atom. The van der Waals surface area contributed by atoms with Crippen LogP contribution in [0.3, 0.4) is 0 Å². The molecule has 6 rings (SSSR count). The second kappa shape index (κ2) is 9.97. The predicted molar refractivity (Wildman–Crippen MR) is 151 cm³/mol. The van der Waals surface area contributed by atoms with Gasteiger partial charge in [0.05, 0.1) is 27.9 Å². The van der Waals surface area contributed by atoms with Gasteiger partial charge < -0.3 is 20.2 Å². The number of aromatic nitrogens is 3. The fraction of sp³-hybridized carbons (Fsp3) is 0.100. The summed E-state index contributed by atoms with van der Waals surface area (Å²) >= 11 is 6.23. The molecule has 3 heterocycles. The number of halogens is 4. The van der Waals surface area contributed by atoms with Crippen LogP contribution in [0.25, 0.3) is 16.6 Å². The lowest BCUT2D eigenvalue weighted by molar-refractivity contribution is -0.137. The number of aromatic amines is 1. The van der Waals surface area contributed by atoms with E-state index in [0.29, 0.717) is 39.7 Å². The van der Waals surface area contributed by atoms with Gasteiger partial charge in [-0.15, -0.1) is 0 Å². The zero-order valence-electron chi connectivity index (χ0n) is 21.4. The minimum Gasteiger partial charge on any atom is -0.344 e. The molecule has 0 saturated heterocycles. The van der Waals surface area contributed by atoms with Crippen molar-refractivity contribution in [2.75, 3.05) is 10.6 Å². The summed E-state index contributed by atoms with van der Waals surface area (Å²) in [6.07, 6.45) is -0.776. The molecule has 0 atom stereocenters. The minimum atomic E-state index is -4.72. The van der Waals surface area contributed by atoms with Gasteiger partial charge in [0.25, 0.3) is 11.8 Å². The van der Waals surface area contributed by atoms with Crippen LogP contribution in [0.2, 0.25) is 5.02 Å². The van der Waals surface area contributed by atoms with E-state index >= 15 is 0 Å². The zero-order chi connectivity index (χ0) is 28.9. The van der Waals surface area contributed by atoms with E-state index in [4.69, 9.17) is 16.6 Å². The van der Waals surface area contributed by atoms with Gasteiger partial charge >= 0.3 is 6.18 Å². The molecule has 11 heteroatoms. The van der Waals surface area contributed by atoms with E-state index in [-0.39, 0.29) is 11.3 Å². The van der Waals surface area contributed by atoms with E-state index in [1.54, 1.807) is 25.1 Å². The Kier molecular flexibility index (Phi) is 6.42. The first-order valence-electron chi connectivity index (χ1n) is 12.5. The molecule has 0 unspecified atom stereocenters. The number of nitrogens with one attached hydrogen (secondary N) is 3. The monoisotopic (exact) mass is 575 g/mol. The highest BCUT2D eigenvalue weighted by Gasteiger charge is 2.35. The molecular formula is C30H21ClF3N5O2. The highest BCUT2D eigenvalue weighted by atomic mass is 35.5. The van der Waals surface area contributed by atoms with Gasteiger partial charge in [-0.25, -0.2) is 4.98 Å². The number of fused-ring (bicyclic) bond motifs is 2. The number of alkyl halides is 3. The highest BCUT2D eigenvalue weighted by Crippen LogP contribution is 2.34. The maximum absolute atomic E-state index is 13.6. The van der Waals surface area contributed by atoms with Crippen molar-refractivity contribution in [3.8, 4) is 0 Å². The minimum absolute atomic E-state index is 0.109. The summed E-state index contributed by atoms with van der Waals surface area (Å²) in [6.45, 7) is 2.42. The molecule has 7 nitrogen and oxygen atoms in total. The molecule has 0 bridgehead atoms. The lowest BCUT2D eigenvalue weighted by Crippen LogP contribution is -2.19. The maximum Gasteiger partial charge on any atom is 0.417 e. The van der Waals surface area contributed by atoms with Gasteiger partial charge in [0.1, 0.15) is 11.3 Å². The van der Waals surface area contributed by atoms with Gasteiger partial charge in [-0.2, -0.15) is 13.2 Å². The number of imidazole rings is 1. The molecule has 0 saturated carbocycles. The molecule has 206 valence electrons. The number of rotatable bonds is 5. The number of anilines is 2. The lowest BCUT2D eigenvalue weighted by Gasteiger charge is -2.14. The fourth-order valence-electron chi connectivity index (χ4n) is 4.88. The molecule has 41 heavy (non-hydrogen) atoms. The van der Waals surface area contributed by atoms with Crippen LogP contribution in [0.4, 0.5) is 24.5 Å². The standard InChI is InChI=1S/C30H21ClF3N5O2/c1-16-22(31)8-4-9-23(16)37-29(41)20-14-17(35-28(40)18-6-2-3-7-21(18)30(32,33)34)15-24-26(20)38-27(36-24)19-11-13-39-12-5-10-25(19)39/h2-12,14-15H,13H2,1H3,(H,35,40)(H,36,38)(H,37,41). The number of carbonyl (C=O) groups excluding carboxylic acids is 2. The molecular weight excluding hydrogens is 555 g/mol. The fourth-order valence-corrected chi connectivity index (χ4v) is 5.05. The largest absolute Gasteiger partial charge is 0.417 e. The molecule has 0 radical (unpaired) electrons. The quantitative estimate of drug-likeness (QED) is 0.205. The van der Waals surface area contributed by atoms with E-state index < -0.39 is 29.1 Å². The number of amides is 2. The van der Waals surface area contributed by atoms with E-state index in [1.807, 2.05) is 29.0 Å². The number of allylic oxidation sites excluding steroid dienone is 1. The van der Waals surface area contributed by atoms with E-state index in [9.17, 15) is 22.8 Å². The highest BCUT2D eigenvalue weighted by molar-refractivity contribution is 6.32. The van der Waals surface area contributed by atoms with E-state index in [2.05, 4.69) is 15.6 Å². The number of carbonyl (C=O) groups is 2. The van der Waals surface area contributed by atoms with Crippen LogP contribution in [0.5, 0.6) is 0 Å². The zero-order valence-corrected chi connectivity index (χ0v) is 22.2. The van der Waals surface area contributed by atoms with Crippen molar-refractivity contribution in [2.24, 2.45) is 0 Å². The average molecular weight is 576 g/mol. The SMILES string of the molecule is Cc1c(Cl)cccc1NC(=O)c1cc(NC(=O)c2ccccc2C(F)(F)F)cc2[nH]c(C3=CCn4cccc43)nc12. The van der Waals surface area contributed by atoms with Crippen molar-refractivity contribution in [3.63, 3.8) is 0 Å².